The van der Waals surface area contributed by atoms with Crippen LogP contribution in [0.1, 0.15) is 41.3 Å². The Morgan fingerprint density at radius 3 is 2.76 bits per heavy atom. The van der Waals surface area contributed by atoms with Crippen molar-refractivity contribution in [3.63, 3.8) is 0 Å². The Bertz CT molecular complexity index is 379. The Labute approximate surface area is 108 Å². The van der Waals surface area contributed by atoms with Crippen LogP contribution in [-0.2, 0) is 6.54 Å². The van der Waals surface area contributed by atoms with Crippen molar-refractivity contribution in [1.82, 2.24) is 10.3 Å². The normalized spacial score (nSPS) is 31.3. The van der Waals surface area contributed by atoms with Crippen molar-refractivity contribution in [3.8, 4) is 0 Å². The minimum absolute atomic E-state index is 0.955. The maximum absolute atomic E-state index is 4.58. The quantitative estimate of drug-likeness (QED) is 0.887. The largest absolute Gasteiger partial charge is 0.310 e. The molecule has 0 aromatic carbocycles. The van der Waals surface area contributed by atoms with E-state index in [1.165, 1.54) is 47.8 Å². The fourth-order valence-electron chi connectivity index (χ4n) is 3.61. The molecule has 2 aliphatic carbocycles. The van der Waals surface area contributed by atoms with Crippen molar-refractivity contribution < 1.29 is 0 Å². The first-order valence-electron chi connectivity index (χ1n) is 6.86. The molecule has 2 bridgehead atoms. The smallest absolute Gasteiger partial charge is 0.107 e. The number of nitrogens with one attached hydrogen (secondary N) is 1. The van der Waals surface area contributed by atoms with Gasteiger partial charge in [-0.25, -0.2) is 4.98 Å². The van der Waals surface area contributed by atoms with Gasteiger partial charge < -0.3 is 5.32 Å². The molecule has 94 valence electrons. The van der Waals surface area contributed by atoms with E-state index in [1.807, 2.05) is 11.3 Å². The molecule has 0 saturated heterocycles. The van der Waals surface area contributed by atoms with Gasteiger partial charge in [-0.2, -0.15) is 0 Å². The average molecular weight is 250 g/mol. The van der Waals surface area contributed by atoms with Crippen LogP contribution in [0.15, 0.2) is 0 Å². The zero-order valence-electron chi connectivity index (χ0n) is 10.8. The maximum Gasteiger partial charge on any atom is 0.107 e. The lowest BCUT2D eigenvalue weighted by Crippen LogP contribution is -2.26. The van der Waals surface area contributed by atoms with Gasteiger partial charge in [0.2, 0.25) is 0 Å². The van der Waals surface area contributed by atoms with Crippen molar-refractivity contribution in [2.24, 2.45) is 17.8 Å². The lowest BCUT2D eigenvalue weighted by molar-refractivity contribution is 0.318. The summed E-state index contributed by atoms with van der Waals surface area (Å²) in [6.45, 7) is 6.43. The van der Waals surface area contributed by atoms with Gasteiger partial charge >= 0.3 is 0 Å². The summed E-state index contributed by atoms with van der Waals surface area (Å²) in [6, 6.07) is 0. The molecule has 1 aromatic rings. The summed E-state index contributed by atoms with van der Waals surface area (Å²) in [4.78, 5) is 5.94. The number of thiazole rings is 1. The highest BCUT2D eigenvalue weighted by Crippen LogP contribution is 2.47. The zero-order chi connectivity index (χ0) is 11.8. The summed E-state index contributed by atoms with van der Waals surface area (Å²) in [5, 5.41) is 4.87. The molecular formula is C14H22N2S. The Morgan fingerprint density at radius 1 is 1.29 bits per heavy atom. The van der Waals surface area contributed by atoms with Crippen LogP contribution in [0.2, 0.25) is 0 Å². The van der Waals surface area contributed by atoms with Crippen LogP contribution in [0.5, 0.6) is 0 Å². The Hall–Kier alpha value is -0.410. The highest BCUT2D eigenvalue weighted by molar-refractivity contribution is 7.11. The third kappa shape index (κ3) is 2.41. The molecule has 2 nitrogen and oxygen atoms in total. The lowest BCUT2D eigenvalue weighted by Gasteiger charge is -2.21. The standard InChI is InChI=1S/C14H22N2S/c1-9-10(2)17-14(16-9)8-15-7-13-6-11-3-4-12(13)5-11/h11-13,15H,3-8H2,1-2H3. The van der Waals surface area contributed by atoms with E-state index in [1.54, 1.807) is 0 Å². The molecule has 3 unspecified atom stereocenters. The van der Waals surface area contributed by atoms with Crippen LogP contribution >= 0.6 is 11.3 Å². The molecule has 3 heteroatoms. The number of fused-ring (bicyclic) bond motifs is 2. The Balaban J connectivity index is 1.46. The molecule has 2 aliphatic rings. The van der Waals surface area contributed by atoms with Crippen LogP contribution in [0.25, 0.3) is 0 Å². The van der Waals surface area contributed by atoms with E-state index in [0.717, 1.165) is 24.3 Å². The fraction of sp³-hybridized carbons (Fsp3) is 0.786. The monoisotopic (exact) mass is 250 g/mol. The first-order valence-corrected chi connectivity index (χ1v) is 7.67. The van der Waals surface area contributed by atoms with Gasteiger partial charge in [0, 0.05) is 11.4 Å². The molecule has 17 heavy (non-hydrogen) atoms. The molecule has 2 saturated carbocycles. The van der Waals surface area contributed by atoms with Crippen molar-refractivity contribution in [2.45, 2.75) is 46.1 Å². The van der Waals surface area contributed by atoms with E-state index in [-0.39, 0.29) is 0 Å². The van der Waals surface area contributed by atoms with E-state index >= 15 is 0 Å². The zero-order valence-corrected chi connectivity index (χ0v) is 11.6. The summed E-state index contributed by atoms with van der Waals surface area (Å²) in [5.41, 5.74) is 1.20. The number of aromatic nitrogens is 1. The molecule has 1 heterocycles. The average Bonchev–Trinajstić information content (AvgIpc) is 2.96. The lowest BCUT2D eigenvalue weighted by atomic mass is 9.89. The second-order valence-electron chi connectivity index (χ2n) is 5.82. The minimum Gasteiger partial charge on any atom is -0.310 e. The van der Waals surface area contributed by atoms with Crippen LogP contribution < -0.4 is 5.32 Å². The Morgan fingerprint density at radius 2 is 2.18 bits per heavy atom. The van der Waals surface area contributed by atoms with Crippen LogP contribution in [-0.4, -0.2) is 11.5 Å². The van der Waals surface area contributed by atoms with Gasteiger partial charge in [-0.15, -0.1) is 11.3 Å². The van der Waals surface area contributed by atoms with E-state index in [4.69, 9.17) is 0 Å². The van der Waals surface area contributed by atoms with Crippen molar-refractivity contribution in [2.75, 3.05) is 6.54 Å². The van der Waals surface area contributed by atoms with Gasteiger partial charge in [-0.3, -0.25) is 0 Å². The number of hydrogen-bond acceptors (Lipinski definition) is 3. The third-order valence-corrected chi connectivity index (χ3v) is 5.71. The molecule has 0 aliphatic heterocycles. The van der Waals surface area contributed by atoms with Crippen LogP contribution in [0.3, 0.4) is 0 Å². The summed E-state index contributed by atoms with van der Waals surface area (Å²) < 4.78 is 0. The molecule has 1 N–H and O–H groups in total. The summed E-state index contributed by atoms with van der Waals surface area (Å²) in [5.74, 6) is 3.05. The summed E-state index contributed by atoms with van der Waals surface area (Å²) in [6.07, 6.45) is 5.99. The van der Waals surface area contributed by atoms with Gasteiger partial charge in [0.25, 0.3) is 0 Å². The van der Waals surface area contributed by atoms with Crippen LogP contribution in [0, 0.1) is 31.6 Å². The highest BCUT2D eigenvalue weighted by Gasteiger charge is 2.38. The predicted molar refractivity (Wildman–Crippen MR) is 72.2 cm³/mol. The second kappa shape index (κ2) is 4.69. The first kappa shape index (κ1) is 11.7. The second-order valence-corrected chi connectivity index (χ2v) is 7.10. The molecule has 0 spiro atoms. The van der Waals surface area contributed by atoms with Gasteiger partial charge in [-0.05, 0) is 57.4 Å². The Kier molecular flexibility index (Phi) is 3.22. The van der Waals surface area contributed by atoms with Gasteiger partial charge in [-0.1, -0.05) is 6.42 Å². The first-order chi connectivity index (χ1) is 8.22. The van der Waals surface area contributed by atoms with Gasteiger partial charge in [0.15, 0.2) is 0 Å². The third-order valence-electron chi connectivity index (χ3n) is 4.64. The molecule has 3 rings (SSSR count). The number of nitrogens with zero attached hydrogens (tertiary/aromatic N) is 1. The van der Waals surface area contributed by atoms with Crippen LogP contribution in [0.4, 0.5) is 0 Å². The molecule has 3 atom stereocenters. The predicted octanol–water partition coefficient (Wildman–Crippen LogP) is 3.29. The fourth-order valence-corrected chi connectivity index (χ4v) is 4.51. The van der Waals surface area contributed by atoms with Crippen molar-refractivity contribution in [3.05, 3.63) is 15.6 Å². The number of hydrogen-bond donors (Lipinski definition) is 1. The molecule has 0 amide bonds. The minimum atomic E-state index is 0.955. The maximum atomic E-state index is 4.58. The highest BCUT2D eigenvalue weighted by atomic mass is 32.1. The topological polar surface area (TPSA) is 24.9 Å². The van der Waals surface area contributed by atoms with E-state index in [2.05, 4.69) is 24.1 Å². The molecular weight excluding hydrogens is 228 g/mol. The van der Waals surface area contributed by atoms with Crippen molar-refractivity contribution >= 4 is 11.3 Å². The number of aryl methyl sites for hydroxylation is 2. The number of rotatable bonds is 4. The van der Waals surface area contributed by atoms with E-state index in [9.17, 15) is 0 Å². The van der Waals surface area contributed by atoms with Crippen molar-refractivity contribution in [1.29, 1.82) is 0 Å². The summed E-state index contributed by atoms with van der Waals surface area (Å²) in [7, 11) is 0. The molecule has 0 radical (unpaired) electrons. The van der Waals surface area contributed by atoms with Gasteiger partial charge in [0.1, 0.15) is 5.01 Å². The molecule has 1 aromatic heterocycles. The molecule has 2 fully saturated rings. The summed E-state index contributed by atoms with van der Waals surface area (Å²) >= 11 is 1.84. The van der Waals surface area contributed by atoms with Gasteiger partial charge in [0.05, 0.1) is 5.69 Å². The SMILES string of the molecule is Cc1nc(CNCC2CC3CCC2C3)sc1C. The van der Waals surface area contributed by atoms with E-state index in [0.29, 0.717) is 0 Å². The van der Waals surface area contributed by atoms with E-state index < -0.39 is 0 Å².